The van der Waals surface area contributed by atoms with Crippen molar-refractivity contribution in [1.29, 1.82) is 0 Å². The monoisotopic (exact) mass is 274 g/mol. The molecule has 2 rings (SSSR count). The van der Waals surface area contributed by atoms with Crippen LogP contribution in [0.5, 0.6) is 0 Å². The molecule has 1 aliphatic carbocycles. The Morgan fingerprint density at radius 2 is 1.65 bits per heavy atom. The van der Waals surface area contributed by atoms with Gasteiger partial charge >= 0.3 is 0 Å². The number of hydrogen-bond acceptors (Lipinski definition) is 2. The number of rotatable bonds is 4. The Kier molecular flexibility index (Phi) is 5.59. The van der Waals surface area contributed by atoms with Crippen LogP contribution < -0.4 is 10.6 Å². The molecule has 0 radical (unpaired) electrons. The topological polar surface area (TPSA) is 58.2 Å². The van der Waals surface area contributed by atoms with E-state index in [9.17, 15) is 9.59 Å². The predicted octanol–water partition coefficient (Wildman–Crippen LogP) is 2.26. The second kappa shape index (κ2) is 7.68. The first-order valence-electron chi connectivity index (χ1n) is 7.38. The van der Waals surface area contributed by atoms with Gasteiger partial charge in [-0.05, 0) is 25.0 Å². The molecule has 1 saturated carbocycles. The van der Waals surface area contributed by atoms with Crippen molar-refractivity contribution in [3.05, 3.63) is 35.9 Å². The third-order valence-corrected chi connectivity index (χ3v) is 3.67. The lowest BCUT2D eigenvalue weighted by Gasteiger charge is -2.16. The first kappa shape index (κ1) is 14.6. The van der Waals surface area contributed by atoms with Gasteiger partial charge in [-0.15, -0.1) is 0 Å². The fraction of sp³-hybridized carbons (Fsp3) is 0.500. The van der Waals surface area contributed by atoms with E-state index in [1.165, 1.54) is 25.7 Å². The summed E-state index contributed by atoms with van der Waals surface area (Å²) in [5.41, 5.74) is 0.578. The van der Waals surface area contributed by atoms with E-state index in [0.29, 0.717) is 5.56 Å². The zero-order chi connectivity index (χ0) is 14.2. The second-order valence-electron chi connectivity index (χ2n) is 5.30. The van der Waals surface area contributed by atoms with Crippen LogP contribution in [-0.4, -0.2) is 24.4 Å². The Morgan fingerprint density at radius 3 is 2.30 bits per heavy atom. The summed E-state index contributed by atoms with van der Waals surface area (Å²) in [6, 6.07) is 9.21. The highest BCUT2D eigenvalue weighted by atomic mass is 16.2. The number of carbonyl (C=O) groups excluding carboxylic acids is 2. The quantitative estimate of drug-likeness (QED) is 0.827. The number of nitrogens with one attached hydrogen (secondary N) is 2. The average molecular weight is 274 g/mol. The number of carbonyl (C=O) groups is 2. The van der Waals surface area contributed by atoms with Gasteiger partial charge in [0, 0.05) is 11.6 Å². The fourth-order valence-electron chi connectivity index (χ4n) is 2.55. The highest BCUT2D eigenvalue weighted by Gasteiger charge is 2.15. The molecule has 0 bridgehead atoms. The molecule has 0 atom stereocenters. The largest absolute Gasteiger partial charge is 0.352 e. The smallest absolute Gasteiger partial charge is 0.251 e. The Morgan fingerprint density at radius 1 is 1.00 bits per heavy atom. The normalized spacial score (nSPS) is 16.2. The van der Waals surface area contributed by atoms with Gasteiger partial charge in [-0.25, -0.2) is 0 Å². The van der Waals surface area contributed by atoms with Crippen molar-refractivity contribution in [3.63, 3.8) is 0 Å². The molecule has 4 nitrogen and oxygen atoms in total. The van der Waals surface area contributed by atoms with E-state index in [-0.39, 0.29) is 24.4 Å². The van der Waals surface area contributed by atoms with E-state index in [0.717, 1.165) is 12.8 Å². The van der Waals surface area contributed by atoms with Crippen LogP contribution in [-0.2, 0) is 4.79 Å². The van der Waals surface area contributed by atoms with Crippen LogP contribution in [0, 0.1) is 0 Å². The fourth-order valence-corrected chi connectivity index (χ4v) is 2.55. The zero-order valence-corrected chi connectivity index (χ0v) is 11.7. The first-order chi connectivity index (χ1) is 9.75. The minimum Gasteiger partial charge on any atom is -0.352 e. The standard InChI is InChI=1S/C16H22N2O2/c19-15(18-14-10-6-1-2-7-11-14)12-17-16(20)13-8-4-3-5-9-13/h3-5,8-9,14H,1-2,6-7,10-12H2,(H,17,20)(H,18,19). The SMILES string of the molecule is O=C(CNC(=O)c1ccccc1)NC1CCCCCC1. The number of benzene rings is 1. The van der Waals surface area contributed by atoms with Crippen molar-refractivity contribution in [3.8, 4) is 0 Å². The first-order valence-corrected chi connectivity index (χ1v) is 7.38. The van der Waals surface area contributed by atoms with Gasteiger partial charge in [0.05, 0.1) is 6.54 Å². The van der Waals surface area contributed by atoms with Crippen molar-refractivity contribution in [1.82, 2.24) is 10.6 Å². The maximum absolute atomic E-state index is 11.8. The molecule has 0 saturated heterocycles. The highest BCUT2D eigenvalue weighted by Crippen LogP contribution is 2.16. The van der Waals surface area contributed by atoms with Gasteiger partial charge in [0.25, 0.3) is 5.91 Å². The van der Waals surface area contributed by atoms with Crippen molar-refractivity contribution < 1.29 is 9.59 Å². The maximum atomic E-state index is 11.8. The Labute approximate surface area is 119 Å². The summed E-state index contributed by atoms with van der Waals surface area (Å²) in [6.07, 6.45) is 6.99. The van der Waals surface area contributed by atoms with E-state index < -0.39 is 0 Å². The molecule has 1 aromatic carbocycles. The van der Waals surface area contributed by atoms with Crippen LogP contribution in [0.4, 0.5) is 0 Å². The van der Waals surface area contributed by atoms with Crippen LogP contribution in [0.2, 0.25) is 0 Å². The van der Waals surface area contributed by atoms with Gasteiger partial charge in [0.2, 0.25) is 5.91 Å². The van der Waals surface area contributed by atoms with Gasteiger partial charge in [0.1, 0.15) is 0 Å². The summed E-state index contributed by atoms with van der Waals surface area (Å²) in [7, 11) is 0. The second-order valence-corrected chi connectivity index (χ2v) is 5.30. The summed E-state index contributed by atoms with van der Waals surface area (Å²) in [5.74, 6) is -0.303. The lowest BCUT2D eigenvalue weighted by molar-refractivity contribution is -0.120. The molecule has 2 N–H and O–H groups in total. The molecule has 108 valence electrons. The van der Waals surface area contributed by atoms with E-state index >= 15 is 0 Å². The van der Waals surface area contributed by atoms with Gasteiger partial charge < -0.3 is 10.6 Å². The van der Waals surface area contributed by atoms with Crippen LogP contribution in [0.3, 0.4) is 0 Å². The molecule has 0 aromatic heterocycles. The molecule has 0 heterocycles. The van der Waals surface area contributed by atoms with Crippen LogP contribution in [0.15, 0.2) is 30.3 Å². The van der Waals surface area contributed by atoms with Crippen LogP contribution in [0.1, 0.15) is 48.9 Å². The molecule has 1 aliphatic rings. The van der Waals surface area contributed by atoms with Gasteiger partial charge in [-0.3, -0.25) is 9.59 Å². The van der Waals surface area contributed by atoms with E-state index in [2.05, 4.69) is 10.6 Å². The summed E-state index contributed by atoms with van der Waals surface area (Å²) in [4.78, 5) is 23.6. The van der Waals surface area contributed by atoms with Gasteiger partial charge in [-0.2, -0.15) is 0 Å². The molecule has 1 aromatic rings. The molecule has 4 heteroatoms. The van der Waals surface area contributed by atoms with Crippen molar-refractivity contribution >= 4 is 11.8 Å². The average Bonchev–Trinajstić information content (AvgIpc) is 2.74. The Bertz CT molecular complexity index is 437. The maximum Gasteiger partial charge on any atom is 0.251 e. The molecular formula is C16H22N2O2. The molecule has 1 fully saturated rings. The molecule has 0 unspecified atom stereocenters. The summed E-state index contributed by atoms with van der Waals surface area (Å²) in [6.45, 7) is 0.0459. The van der Waals surface area contributed by atoms with Crippen LogP contribution >= 0.6 is 0 Å². The minimum atomic E-state index is -0.207. The molecular weight excluding hydrogens is 252 g/mol. The van der Waals surface area contributed by atoms with Gasteiger partial charge in [0.15, 0.2) is 0 Å². The number of amides is 2. The van der Waals surface area contributed by atoms with E-state index in [1.807, 2.05) is 6.07 Å². The highest BCUT2D eigenvalue weighted by molar-refractivity contribution is 5.96. The van der Waals surface area contributed by atoms with Crippen molar-refractivity contribution in [2.45, 2.75) is 44.6 Å². The van der Waals surface area contributed by atoms with Crippen molar-refractivity contribution in [2.24, 2.45) is 0 Å². The summed E-state index contributed by atoms with van der Waals surface area (Å²) in [5, 5.41) is 5.66. The molecule has 2 amide bonds. The summed E-state index contributed by atoms with van der Waals surface area (Å²) < 4.78 is 0. The molecule has 0 spiro atoms. The lowest BCUT2D eigenvalue weighted by Crippen LogP contribution is -2.41. The molecule has 0 aliphatic heterocycles. The zero-order valence-electron chi connectivity index (χ0n) is 11.7. The third-order valence-electron chi connectivity index (χ3n) is 3.67. The minimum absolute atomic E-state index is 0.0459. The molecule has 20 heavy (non-hydrogen) atoms. The Balaban J connectivity index is 1.73. The summed E-state index contributed by atoms with van der Waals surface area (Å²) >= 11 is 0. The number of hydrogen-bond donors (Lipinski definition) is 2. The van der Waals surface area contributed by atoms with Crippen LogP contribution in [0.25, 0.3) is 0 Å². The van der Waals surface area contributed by atoms with Gasteiger partial charge in [-0.1, -0.05) is 43.9 Å². The Hall–Kier alpha value is -1.84. The van der Waals surface area contributed by atoms with E-state index in [1.54, 1.807) is 24.3 Å². The van der Waals surface area contributed by atoms with Crippen molar-refractivity contribution in [2.75, 3.05) is 6.54 Å². The predicted molar refractivity (Wildman–Crippen MR) is 78.4 cm³/mol. The third kappa shape index (κ3) is 4.68. The van der Waals surface area contributed by atoms with E-state index in [4.69, 9.17) is 0 Å². The lowest BCUT2D eigenvalue weighted by atomic mass is 10.1.